The summed E-state index contributed by atoms with van der Waals surface area (Å²) in [6, 6.07) is 79.6. The molecule has 0 N–H and O–H groups in total. The summed E-state index contributed by atoms with van der Waals surface area (Å²) >= 11 is 0. The maximum absolute atomic E-state index is 6.36. The van der Waals surface area contributed by atoms with Crippen molar-refractivity contribution >= 4 is 10.9 Å². The van der Waals surface area contributed by atoms with Gasteiger partial charge in [-0.2, -0.15) is 0 Å². The van der Waals surface area contributed by atoms with Crippen molar-refractivity contribution in [2.24, 2.45) is 0 Å². The first-order valence-electron chi connectivity index (χ1n) is 21.0. The number of ether oxygens (including phenoxy) is 1. The first-order chi connectivity index (χ1) is 30.2. The molecule has 9 aromatic carbocycles. The average Bonchev–Trinajstić information content (AvgIpc) is 3.79. The minimum absolute atomic E-state index is 0.538. The summed E-state index contributed by atoms with van der Waals surface area (Å²) in [6.07, 6.45) is 0. The first-order valence-corrected chi connectivity index (χ1v) is 21.0. The van der Waals surface area contributed by atoms with E-state index in [0.29, 0.717) is 5.82 Å². The second-order valence-electron chi connectivity index (χ2n) is 16.4. The molecular weight excluding hydrogens is 741 g/mol. The predicted octanol–water partition coefficient (Wildman–Crippen LogP) is 13.8. The SMILES string of the molecule is c1ccc(C2(c3ccccc3)c3ccccc3-c3cc4c(cc32)-c2cc(-c3nc5c6c(cccc6n3)Oc3ccccc3-5)ccc2C4(c2ccccc2)c2ccccc2)cc1. The van der Waals surface area contributed by atoms with Crippen molar-refractivity contribution < 1.29 is 4.74 Å². The van der Waals surface area contributed by atoms with Crippen molar-refractivity contribution in [3.63, 3.8) is 0 Å². The van der Waals surface area contributed by atoms with Gasteiger partial charge in [-0.25, -0.2) is 9.97 Å². The van der Waals surface area contributed by atoms with Crippen LogP contribution in [0.25, 0.3) is 55.8 Å². The zero-order chi connectivity index (χ0) is 40.1. The van der Waals surface area contributed by atoms with Gasteiger partial charge in [0.1, 0.15) is 11.5 Å². The summed E-state index contributed by atoms with van der Waals surface area (Å²) in [4.78, 5) is 10.6. The molecule has 0 fully saturated rings. The average molecular weight is 777 g/mol. The molecule has 0 saturated heterocycles. The Hall–Kier alpha value is -7.88. The lowest BCUT2D eigenvalue weighted by Crippen LogP contribution is -2.29. The molecule has 2 aliphatic carbocycles. The highest BCUT2D eigenvalue weighted by Crippen LogP contribution is 2.63. The summed E-state index contributed by atoms with van der Waals surface area (Å²) in [5.41, 5.74) is 17.6. The number of rotatable bonds is 5. The normalized spacial score (nSPS) is 14.3. The van der Waals surface area contributed by atoms with Crippen LogP contribution < -0.4 is 4.74 Å². The molecule has 0 spiro atoms. The van der Waals surface area contributed by atoms with E-state index in [-0.39, 0.29) is 0 Å². The highest BCUT2D eigenvalue weighted by molar-refractivity contribution is 6.02. The van der Waals surface area contributed by atoms with E-state index < -0.39 is 10.8 Å². The van der Waals surface area contributed by atoms with Crippen LogP contribution in [-0.2, 0) is 10.8 Å². The molecule has 10 aromatic rings. The van der Waals surface area contributed by atoms with Crippen molar-refractivity contribution in [3.05, 3.63) is 263 Å². The molecule has 0 saturated carbocycles. The topological polar surface area (TPSA) is 35.0 Å². The number of fused-ring (bicyclic) bond motifs is 8. The highest BCUT2D eigenvalue weighted by atomic mass is 16.5. The van der Waals surface area contributed by atoms with Crippen LogP contribution in [-0.4, -0.2) is 9.97 Å². The lowest BCUT2D eigenvalue weighted by Gasteiger charge is -2.35. The Morgan fingerprint density at radius 3 is 1.41 bits per heavy atom. The number of nitrogens with zero attached hydrogens (tertiary/aromatic N) is 2. The van der Waals surface area contributed by atoms with Gasteiger partial charge < -0.3 is 4.74 Å². The summed E-state index contributed by atoms with van der Waals surface area (Å²) in [5, 5.41) is 0.942. The van der Waals surface area contributed by atoms with Crippen molar-refractivity contribution in [1.82, 2.24) is 9.97 Å². The monoisotopic (exact) mass is 776 g/mol. The van der Waals surface area contributed by atoms with Gasteiger partial charge in [0, 0.05) is 11.1 Å². The van der Waals surface area contributed by atoms with Crippen LogP contribution in [0.1, 0.15) is 44.5 Å². The van der Waals surface area contributed by atoms with E-state index in [1.165, 1.54) is 66.8 Å². The molecule has 0 radical (unpaired) electrons. The van der Waals surface area contributed by atoms with E-state index in [1.807, 2.05) is 30.3 Å². The van der Waals surface area contributed by atoms with Crippen molar-refractivity contribution in [2.45, 2.75) is 10.8 Å². The molecule has 61 heavy (non-hydrogen) atoms. The molecule has 3 heteroatoms. The van der Waals surface area contributed by atoms with Crippen LogP contribution in [0.3, 0.4) is 0 Å². The molecule has 0 atom stereocenters. The summed E-state index contributed by atoms with van der Waals surface area (Å²) in [7, 11) is 0. The third-order valence-corrected chi connectivity index (χ3v) is 13.4. The number of aromatic nitrogens is 2. The fourth-order valence-electron chi connectivity index (χ4n) is 11.0. The van der Waals surface area contributed by atoms with E-state index in [9.17, 15) is 0 Å². The van der Waals surface area contributed by atoms with Crippen LogP contribution in [0.2, 0.25) is 0 Å². The molecule has 2 heterocycles. The Balaban J connectivity index is 1.14. The Bertz CT molecular complexity index is 3300. The van der Waals surface area contributed by atoms with E-state index in [0.717, 1.165) is 39.2 Å². The van der Waals surface area contributed by atoms with Gasteiger partial charge in [-0.05, 0) is 109 Å². The Morgan fingerprint density at radius 1 is 0.328 bits per heavy atom. The highest BCUT2D eigenvalue weighted by Gasteiger charge is 2.51. The first kappa shape index (κ1) is 34.0. The molecular formula is C58H36N2O. The molecule has 0 unspecified atom stereocenters. The van der Waals surface area contributed by atoms with Gasteiger partial charge in [-0.3, -0.25) is 0 Å². The summed E-state index contributed by atoms with van der Waals surface area (Å²) in [5.74, 6) is 2.28. The Kier molecular flexibility index (Phi) is 7.15. The van der Waals surface area contributed by atoms with Crippen molar-refractivity contribution in [1.29, 1.82) is 0 Å². The molecule has 284 valence electrons. The van der Waals surface area contributed by atoms with Crippen molar-refractivity contribution in [3.8, 4) is 56.4 Å². The fourth-order valence-corrected chi connectivity index (χ4v) is 11.0. The molecule has 3 nitrogen and oxygen atoms in total. The van der Waals surface area contributed by atoms with Crippen LogP contribution in [0.4, 0.5) is 0 Å². The van der Waals surface area contributed by atoms with Gasteiger partial charge in [0.15, 0.2) is 5.82 Å². The second-order valence-corrected chi connectivity index (χ2v) is 16.4. The van der Waals surface area contributed by atoms with Gasteiger partial charge in [0.2, 0.25) is 0 Å². The van der Waals surface area contributed by atoms with Gasteiger partial charge in [-0.15, -0.1) is 0 Å². The van der Waals surface area contributed by atoms with E-state index >= 15 is 0 Å². The molecule has 1 aromatic heterocycles. The summed E-state index contributed by atoms with van der Waals surface area (Å²) < 4.78 is 6.36. The number of hydrogen-bond donors (Lipinski definition) is 0. The number of para-hydroxylation sites is 1. The lowest BCUT2D eigenvalue weighted by molar-refractivity contribution is 0.486. The zero-order valence-electron chi connectivity index (χ0n) is 33.1. The molecule has 3 aliphatic rings. The maximum Gasteiger partial charge on any atom is 0.160 e. The quantitative estimate of drug-likeness (QED) is 0.175. The molecule has 0 amide bonds. The van der Waals surface area contributed by atoms with Crippen molar-refractivity contribution in [2.75, 3.05) is 0 Å². The lowest BCUT2D eigenvalue weighted by atomic mass is 9.66. The largest absolute Gasteiger partial charge is 0.456 e. The summed E-state index contributed by atoms with van der Waals surface area (Å²) in [6.45, 7) is 0. The van der Waals surface area contributed by atoms with Gasteiger partial charge in [0.25, 0.3) is 0 Å². The smallest absolute Gasteiger partial charge is 0.160 e. The fraction of sp³-hybridized carbons (Fsp3) is 0.0345. The van der Waals surface area contributed by atoms with Crippen LogP contribution in [0.5, 0.6) is 11.5 Å². The molecule has 0 bridgehead atoms. The number of hydrogen-bond acceptors (Lipinski definition) is 3. The molecule has 1 aliphatic heterocycles. The predicted molar refractivity (Wildman–Crippen MR) is 245 cm³/mol. The maximum atomic E-state index is 6.36. The zero-order valence-corrected chi connectivity index (χ0v) is 33.1. The van der Waals surface area contributed by atoms with Crippen LogP contribution in [0, 0.1) is 0 Å². The van der Waals surface area contributed by atoms with E-state index in [4.69, 9.17) is 14.7 Å². The number of benzene rings is 9. The van der Waals surface area contributed by atoms with Gasteiger partial charge >= 0.3 is 0 Å². The Labute approximate surface area is 354 Å². The van der Waals surface area contributed by atoms with Crippen LogP contribution >= 0.6 is 0 Å². The minimum atomic E-state index is -0.595. The third kappa shape index (κ3) is 4.58. The van der Waals surface area contributed by atoms with Gasteiger partial charge in [0.05, 0.1) is 27.4 Å². The second kappa shape index (κ2) is 12.8. The van der Waals surface area contributed by atoms with E-state index in [2.05, 4.69) is 188 Å². The Morgan fingerprint density at radius 2 is 0.803 bits per heavy atom. The van der Waals surface area contributed by atoms with Crippen LogP contribution in [0.15, 0.2) is 218 Å². The standard InChI is InChI=1S/C58H36N2O/c1-5-18-38(19-6-1)57(39-20-7-2-8-21-39)47-28-15-13-26-42(47)45-35-50-46(36-49(45)57)44-34-37(32-33-48(44)58(50,40-22-9-3-10-23-40)41-24-11-4-12-25-41)56-59-51-29-17-31-53-54(51)55(60-56)43-27-14-16-30-52(43)61-53/h1-36H. The van der Waals surface area contributed by atoms with Gasteiger partial charge in [-0.1, -0.05) is 176 Å². The van der Waals surface area contributed by atoms with E-state index in [1.54, 1.807) is 0 Å². The third-order valence-electron chi connectivity index (χ3n) is 13.4. The molecule has 13 rings (SSSR count). The minimum Gasteiger partial charge on any atom is -0.456 e.